The number of pyridine rings is 1. The normalized spacial score (nSPS) is 18.0. The Bertz CT molecular complexity index is 972. The molecular weight excluding hydrogens is 340 g/mol. The summed E-state index contributed by atoms with van der Waals surface area (Å²) in [6, 6.07) is 16.6. The van der Waals surface area contributed by atoms with Crippen LogP contribution in [0.15, 0.2) is 67.0 Å². The lowest BCUT2D eigenvalue weighted by Crippen LogP contribution is -2.34. The number of carbonyl (C=O) groups is 1. The number of benzene rings is 2. The van der Waals surface area contributed by atoms with Gasteiger partial charge >= 0.3 is 0 Å². The zero-order valence-corrected chi connectivity index (χ0v) is 14.9. The summed E-state index contributed by atoms with van der Waals surface area (Å²) in [5, 5.41) is 13.3. The monoisotopic (exact) mass is 360 g/mol. The van der Waals surface area contributed by atoms with Gasteiger partial charge in [-0.3, -0.25) is 9.78 Å². The first-order valence-electron chi connectivity index (χ1n) is 8.82. The fourth-order valence-electron chi connectivity index (χ4n) is 3.57. The van der Waals surface area contributed by atoms with Crippen LogP contribution in [0.4, 0.5) is 0 Å². The Morgan fingerprint density at radius 3 is 2.67 bits per heavy atom. The third kappa shape index (κ3) is 3.29. The van der Waals surface area contributed by atoms with Gasteiger partial charge in [0.2, 0.25) is 0 Å². The Kier molecular flexibility index (Phi) is 4.60. The highest BCUT2D eigenvalue weighted by Crippen LogP contribution is 2.32. The number of hydrogen-bond acceptors (Lipinski definition) is 4. The molecule has 3 aromatic rings. The van der Waals surface area contributed by atoms with Crippen LogP contribution in [0, 0.1) is 0 Å². The minimum atomic E-state index is -0.631. The summed E-state index contributed by atoms with van der Waals surface area (Å²) in [5.74, 6) is 0.219. The molecule has 27 heavy (non-hydrogen) atoms. The Morgan fingerprint density at radius 1 is 1.11 bits per heavy atom. The van der Waals surface area contributed by atoms with Crippen LogP contribution in [0.1, 0.15) is 27.5 Å². The van der Waals surface area contributed by atoms with Gasteiger partial charge in [-0.2, -0.15) is 0 Å². The molecule has 1 aromatic heterocycles. The van der Waals surface area contributed by atoms with E-state index in [0.29, 0.717) is 17.7 Å². The van der Waals surface area contributed by atoms with Crippen molar-refractivity contribution in [1.82, 2.24) is 10.3 Å². The van der Waals surface area contributed by atoms with Gasteiger partial charge in [-0.25, -0.2) is 0 Å². The average Bonchev–Trinajstić information content (AvgIpc) is 3.03. The molecule has 1 aliphatic carbocycles. The highest BCUT2D eigenvalue weighted by atomic mass is 16.5. The standard InChI is InChI=1S/C22H20N2O3/c1-27-20-13-15(14-8-10-23-11-9-14)6-7-18(20)22(26)24-21-17-5-3-2-4-16(17)12-19(21)25/h2-11,13,19,21,25H,12H2,1H3,(H,24,26). The van der Waals surface area contributed by atoms with Crippen molar-refractivity contribution in [2.75, 3.05) is 7.11 Å². The van der Waals surface area contributed by atoms with Crippen molar-refractivity contribution in [2.24, 2.45) is 0 Å². The minimum Gasteiger partial charge on any atom is -0.496 e. The first-order chi connectivity index (χ1) is 13.2. The highest BCUT2D eigenvalue weighted by molar-refractivity contribution is 5.98. The molecule has 5 heteroatoms. The second kappa shape index (κ2) is 7.21. The van der Waals surface area contributed by atoms with E-state index < -0.39 is 12.1 Å². The maximum atomic E-state index is 12.9. The zero-order valence-electron chi connectivity index (χ0n) is 14.9. The van der Waals surface area contributed by atoms with E-state index in [1.165, 1.54) is 0 Å². The number of aliphatic hydroxyl groups is 1. The van der Waals surface area contributed by atoms with Crippen LogP contribution in [0.3, 0.4) is 0 Å². The first-order valence-corrected chi connectivity index (χ1v) is 8.82. The summed E-state index contributed by atoms with van der Waals surface area (Å²) in [4.78, 5) is 16.9. The van der Waals surface area contributed by atoms with Crippen LogP contribution in [0.5, 0.6) is 5.75 Å². The van der Waals surface area contributed by atoms with E-state index in [4.69, 9.17) is 4.74 Å². The minimum absolute atomic E-state index is 0.270. The summed E-state index contributed by atoms with van der Waals surface area (Å²) in [5.41, 5.74) is 4.40. The molecule has 2 aromatic carbocycles. The molecule has 0 bridgehead atoms. The summed E-state index contributed by atoms with van der Waals surface area (Å²) in [6.45, 7) is 0. The number of hydrogen-bond donors (Lipinski definition) is 2. The third-order valence-corrected chi connectivity index (χ3v) is 4.95. The van der Waals surface area contributed by atoms with Crippen molar-refractivity contribution in [2.45, 2.75) is 18.6 Å². The topological polar surface area (TPSA) is 71.5 Å². The number of ether oxygens (including phenoxy) is 1. The molecule has 5 nitrogen and oxygen atoms in total. The Balaban J connectivity index is 1.61. The number of nitrogens with one attached hydrogen (secondary N) is 1. The maximum absolute atomic E-state index is 12.9. The average molecular weight is 360 g/mol. The second-order valence-electron chi connectivity index (χ2n) is 6.57. The van der Waals surface area contributed by atoms with Crippen LogP contribution in [-0.2, 0) is 6.42 Å². The number of carbonyl (C=O) groups excluding carboxylic acids is 1. The van der Waals surface area contributed by atoms with Crippen molar-refractivity contribution in [3.8, 4) is 16.9 Å². The number of methoxy groups -OCH3 is 1. The van der Waals surface area contributed by atoms with E-state index in [0.717, 1.165) is 22.3 Å². The number of rotatable bonds is 4. The molecule has 1 aliphatic rings. The molecular formula is C22H20N2O3. The van der Waals surface area contributed by atoms with Crippen molar-refractivity contribution in [1.29, 1.82) is 0 Å². The van der Waals surface area contributed by atoms with E-state index >= 15 is 0 Å². The van der Waals surface area contributed by atoms with Gasteiger partial charge in [-0.15, -0.1) is 0 Å². The summed E-state index contributed by atoms with van der Waals surface area (Å²) < 4.78 is 5.45. The molecule has 2 N–H and O–H groups in total. The lowest BCUT2D eigenvalue weighted by molar-refractivity contribution is 0.0855. The molecule has 0 saturated heterocycles. The molecule has 4 rings (SSSR count). The molecule has 0 spiro atoms. The van der Waals surface area contributed by atoms with Gasteiger partial charge in [0, 0.05) is 18.8 Å². The lowest BCUT2D eigenvalue weighted by Gasteiger charge is -2.19. The molecule has 2 unspecified atom stereocenters. The quantitative estimate of drug-likeness (QED) is 0.750. The van der Waals surface area contributed by atoms with Gasteiger partial charge in [-0.1, -0.05) is 30.3 Å². The molecule has 1 heterocycles. The van der Waals surface area contributed by atoms with Crippen LogP contribution in [0.2, 0.25) is 0 Å². The van der Waals surface area contributed by atoms with Crippen LogP contribution in [-0.4, -0.2) is 29.2 Å². The van der Waals surface area contributed by atoms with Crippen molar-refractivity contribution in [3.05, 3.63) is 83.7 Å². The van der Waals surface area contributed by atoms with Gasteiger partial charge in [-0.05, 0) is 46.5 Å². The summed E-state index contributed by atoms with van der Waals surface area (Å²) >= 11 is 0. The van der Waals surface area contributed by atoms with Crippen molar-refractivity contribution in [3.63, 3.8) is 0 Å². The molecule has 0 saturated carbocycles. The number of amides is 1. The number of fused-ring (bicyclic) bond motifs is 1. The fraction of sp³-hybridized carbons (Fsp3) is 0.182. The van der Waals surface area contributed by atoms with Gasteiger partial charge in [0.1, 0.15) is 5.75 Å². The van der Waals surface area contributed by atoms with Crippen molar-refractivity contribution >= 4 is 5.91 Å². The van der Waals surface area contributed by atoms with Gasteiger partial charge in [0.15, 0.2) is 0 Å². The highest BCUT2D eigenvalue weighted by Gasteiger charge is 2.32. The molecule has 1 amide bonds. The van der Waals surface area contributed by atoms with Gasteiger partial charge in [0.25, 0.3) is 5.91 Å². The molecule has 0 radical (unpaired) electrons. The molecule has 0 fully saturated rings. The third-order valence-electron chi connectivity index (χ3n) is 4.95. The fourth-order valence-corrected chi connectivity index (χ4v) is 3.57. The van der Waals surface area contributed by atoms with E-state index in [1.807, 2.05) is 48.5 Å². The van der Waals surface area contributed by atoms with E-state index in [-0.39, 0.29) is 5.91 Å². The Hall–Kier alpha value is -3.18. The zero-order chi connectivity index (χ0) is 18.8. The Morgan fingerprint density at radius 2 is 1.89 bits per heavy atom. The SMILES string of the molecule is COc1cc(-c2ccncc2)ccc1C(=O)NC1c2ccccc2CC1O. The lowest BCUT2D eigenvalue weighted by atomic mass is 10.0. The number of aromatic nitrogens is 1. The summed E-state index contributed by atoms with van der Waals surface area (Å²) in [6.07, 6.45) is 3.36. The van der Waals surface area contributed by atoms with Crippen LogP contribution >= 0.6 is 0 Å². The van der Waals surface area contributed by atoms with Gasteiger partial charge < -0.3 is 15.2 Å². The predicted octanol–water partition coefficient (Wildman–Crippen LogP) is 3.15. The van der Waals surface area contributed by atoms with Crippen molar-refractivity contribution < 1.29 is 14.6 Å². The van der Waals surface area contributed by atoms with Crippen LogP contribution < -0.4 is 10.1 Å². The second-order valence-corrected chi connectivity index (χ2v) is 6.57. The van der Waals surface area contributed by atoms with Crippen LogP contribution in [0.25, 0.3) is 11.1 Å². The maximum Gasteiger partial charge on any atom is 0.255 e. The number of nitrogens with zero attached hydrogens (tertiary/aromatic N) is 1. The largest absolute Gasteiger partial charge is 0.496 e. The first kappa shape index (κ1) is 17.2. The van der Waals surface area contributed by atoms with E-state index in [9.17, 15) is 9.90 Å². The smallest absolute Gasteiger partial charge is 0.255 e. The number of aliphatic hydroxyl groups excluding tert-OH is 1. The molecule has 136 valence electrons. The van der Waals surface area contributed by atoms with E-state index in [2.05, 4.69) is 10.3 Å². The molecule has 0 aliphatic heterocycles. The van der Waals surface area contributed by atoms with E-state index in [1.54, 1.807) is 25.6 Å². The summed E-state index contributed by atoms with van der Waals surface area (Å²) in [7, 11) is 1.54. The Labute approximate surface area is 157 Å². The predicted molar refractivity (Wildman–Crippen MR) is 103 cm³/mol. The van der Waals surface area contributed by atoms with Gasteiger partial charge in [0.05, 0.1) is 24.8 Å². The molecule has 2 atom stereocenters.